The highest BCUT2D eigenvalue weighted by molar-refractivity contribution is 5.36. The van der Waals surface area contributed by atoms with Crippen LogP contribution >= 0.6 is 0 Å². The molecule has 0 saturated heterocycles. The van der Waals surface area contributed by atoms with Crippen molar-refractivity contribution in [2.45, 2.75) is 46.1 Å². The van der Waals surface area contributed by atoms with Gasteiger partial charge in [0.15, 0.2) is 0 Å². The van der Waals surface area contributed by atoms with Crippen LogP contribution in [0.1, 0.15) is 45.2 Å². The van der Waals surface area contributed by atoms with Gasteiger partial charge in [-0.05, 0) is 43.1 Å². The Kier molecular flexibility index (Phi) is 6.66. The van der Waals surface area contributed by atoms with Gasteiger partial charge in [-0.2, -0.15) is 0 Å². The molecule has 1 aromatic heterocycles. The summed E-state index contributed by atoms with van der Waals surface area (Å²) in [5.41, 5.74) is 1.71. The summed E-state index contributed by atoms with van der Waals surface area (Å²) in [4.78, 5) is 0. The van der Waals surface area contributed by atoms with Crippen molar-refractivity contribution in [2.24, 2.45) is 5.92 Å². The summed E-state index contributed by atoms with van der Waals surface area (Å²) >= 11 is 0. The Morgan fingerprint density at radius 3 is 2.68 bits per heavy atom. The highest BCUT2D eigenvalue weighted by Crippen LogP contribution is 2.17. The summed E-state index contributed by atoms with van der Waals surface area (Å²) in [7, 11) is 0. The van der Waals surface area contributed by atoms with Crippen LogP contribution in [0, 0.1) is 11.7 Å². The van der Waals surface area contributed by atoms with Crippen molar-refractivity contribution < 1.29 is 4.39 Å². The molecule has 0 aliphatic carbocycles. The van der Waals surface area contributed by atoms with Crippen LogP contribution in [-0.2, 0) is 6.54 Å². The molecule has 2 rings (SSSR count). The largest absolute Gasteiger partial charge is 0.317 e. The Balaban J connectivity index is 1.95. The predicted octanol–water partition coefficient (Wildman–Crippen LogP) is 4.92. The summed E-state index contributed by atoms with van der Waals surface area (Å²) in [6.07, 6.45) is 6.97. The summed E-state index contributed by atoms with van der Waals surface area (Å²) in [5.74, 6) is 0.547. The van der Waals surface area contributed by atoms with Crippen molar-refractivity contribution in [2.75, 3.05) is 6.54 Å². The van der Waals surface area contributed by atoms with Crippen LogP contribution in [0.15, 0.2) is 42.6 Å². The molecule has 3 heteroatoms. The highest BCUT2D eigenvalue weighted by Gasteiger charge is 2.09. The molecule has 0 aliphatic rings. The van der Waals surface area contributed by atoms with Gasteiger partial charge in [-0.3, -0.25) is 0 Å². The second kappa shape index (κ2) is 8.74. The Hall–Kier alpha value is -1.61. The smallest absolute Gasteiger partial charge is 0.147 e. The standard InChI is InChI=1S/C19H27FN2/c1-3-5-9-16(4-2)14-21-15-17-10-8-13-22(17)19-12-7-6-11-18(19)20/h6-8,10-13,16,21H,3-5,9,14-15H2,1-2H3. The Labute approximate surface area is 133 Å². The Bertz CT molecular complexity index is 562. The molecule has 120 valence electrons. The molecule has 0 spiro atoms. The minimum absolute atomic E-state index is 0.186. The zero-order valence-corrected chi connectivity index (χ0v) is 13.7. The van der Waals surface area contributed by atoms with E-state index in [1.165, 1.54) is 31.7 Å². The van der Waals surface area contributed by atoms with Crippen molar-refractivity contribution in [3.8, 4) is 5.69 Å². The van der Waals surface area contributed by atoms with Gasteiger partial charge < -0.3 is 9.88 Å². The lowest BCUT2D eigenvalue weighted by Gasteiger charge is -2.16. The van der Waals surface area contributed by atoms with Gasteiger partial charge in [-0.1, -0.05) is 45.2 Å². The van der Waals surface area contributed by atoms with E-state index in [1.54, 1.807) is 6.07 Å². The van der Waals surface area contributed by atoms with Crippen LogP contribution in [0.2, 0.25) is 0 Å². The molecule has 0 saturated carbocycles. The first-order valence-electron chi connectivity index (χ1n) is 8.38. The topological polar surface area (TPSA) is 17.0 Å². The van der Waals surface area contributed by atoms with Crippen LogP contribution in [0.3, 0.4) is 0 Å². The normalized spacial score (nSPS) is 12.5. The minimum atomic E-state index is -0.186. The molecule has 0 aliphatic heterocycles. The number of aromatic nitrogens is 1. The van der Waals surface area contributed by atoms with Crippen LogP contribution in [0.5, 0.6) is 0 Å². The lowest BCUT2D eigenvalue weighted by atomic mass is 9.99. The van der Waals surface area contributed by atoms with E-state index in [-0.39, 0.29) is 5.82 Å². The van der Waals surface area contributed by atoms with Gasteiger partial charge >= 0.3 is 0 Å². The lowest BCUT2D eigenvalue weighted by Crippen LogP contribution is -2.23. The Morgan fingerprint density at radius 2 is 1.95 bits per heavy atom. The van der Waals surface area contributed by atoms with Gasteiger partial charge in [0.2, 0.25) is 0 Å². The van der Waals surface area contributed by atoms with Gasteiger partial charge in [-0.25, -0.2) is 4.39 Å². The van der Waals surface area contributed by atoms with Crippen molar-refractivity contribution in [3.63, 3.8) is 0 Å². The summed E-state index contributed by atoms with van der Waals surface area (Å²) in [5, 5.41) is 3.53. The SMILES string of the molecule is CCCCC(CC)CNCc1cccn1-c1ccccc1F. The van der Waals surface area contributed by atoms with Gasteiger partial charge in [0.1, 0.15) is 5.82 Å². The number of unbranched alkanes of at least 4 members (excludes halogenated alkanes) is 1. The minimum Gasteiger partial charge on any atom is -0.317 e. The van der Waals surface area contributed by atoms with Gasteiger partial charge in [0.05, 0.1) is 5.69 Å². The van der Waals surface area contributed by atoms with Gasteiger partial charge in [0, 0.05) is 18.4 Å². The Morgan fingerprint density at radius 1 is 1.14 bits per heavy atom. The lowest BCUT2D eigenvalue weighted by molar-refractivity contribution is 0.417. The fraction of sp³-hybridized carbons (Fsp3) is 0.474. The van der Waals surface area contributed by atoms with E-state index in [0.717, 1.165) is 24.7 Å². The van der Waals surface area contributed by atoms with Gasteiger partial charge in [0.25, 0.3) is 0 Å². The molecule has 1 heterocycles. The molecular formula is C19H27FN2. The van der Waals surface area contributed by atoms with Gasteiger partial charge in [-0.15, -0.1) is 0 Å². The first-order chi connectivity index (χ1) is 10.8. The third-order valence-corrected chi connectivity index (χ3v) is 4.23. The molecule has 1 unspecified atom stereocenters. The van der Waals surface area contributed by atoms with E-state index >= 15 is 0 Å². The number of nitrogens with zero attached hydrogens (tertiary/aromatic N) is 1. The molecule has 0 fully saturated rings. The molecule has 1 atom stereocenters. The fourth-order valence-corrected chi connectivity index (χ4v) is 2.79. The van der Waals surface area contributed by atoms with Crippen molar-refractivity contribution in [3.05, 3.63) is 54.1 Å². The van der Waals surface area contributed by atoms with Crippen LogP contribution in [0.25, 0.3) is 5.69 Å². The van der Waals surface area contributed by atoms with Crippen molar-refractivity contribution in [1.29, 1.82) is 0 Å². The second-order valence-corrected chi connectivity index (χ2v) is 5.87. The monoisotopic (exact) mass is 302 g/mol. The molecule has 1 aromatic carbocycles. The third kappa shape index (κ3) is 4.44. The summed E-state index contributed by atoms with van der Waals surface area (Å²) in [6.45, 7) is 6.29. The van der Waals surface area contributed by atoms with Crippen LogP contribution in [0.4, 0.5) is 4.39 Å². The molecule has 0 amide bonds. The maximum Gasteiger partial charge on any atom is 0.147 e. The van der Waals surface area contributed by atoms with E-state index in [4.69, 9.17) is 0 Å². The van der Waals surface area contributed by atoms with E-state index in [9.17, 15) is 4.39 Å². The number of hydrogen-bond donors (Lipinski definition) is 1. The van der Waals surface area contributed by atoms with Crippen molar-refractivity contribution >= 4 is 0 Å². The molecular weight excluding hydrogens is 275 g/mol. The number of nitrogens with one attached hydrogen (secondary N) is 1. The quantitative estimate of drug-likeness (QED) is 0.695. The summed E-state index contributed by atoms with van der Waals surface area (Å²) in [6, 6.07) is 10.9. The van der Waals surface area contributed by atoms with E-state index in [0.29, 0.717) is 5.69 Å². The average Bonchev–Trinajstić information content (AvgIpc) is 2.99. The first-order valence-corrected chi connectivity index (χ1v) is 8.38. The fourth-order valence-electron chi connectivity index (χ4n) is 2.79. The van der Waals surface area contributed by atoms with E-state index in [2.05, 4.69) is 19.2 Å². The zero-order valence-electron chi connectivity index (χ0n) is 13.7. The van der Waals surface area contributed by atoms with Crippen molar-refractivity contribution in [1.82, 2.24) is 9.88 Å². The zero-order chi connectivity index (χ0) is 15.8. The number of benzene rings is 1. The number of para-hydroxylation sites is 1. The highest BCUT2D eigenvalue weighted by atomic mass is 19.1. The van der Waals surface area contributed by atoms with E-state index in [1.807, 2.05) is 35.0 Å². The molecule has 2 aromatic rings. The predicted molar refractivity (Wildman–Crippen MR) is 90.7 cm³/mol. The molecule has 0 bridgehead atoms. The number of hydrogen-bond acceptors (Lipinski definition) is 1. The van der Waals surface area contributed by atoms with E-state index < -0.39 is 0 Å². The maximum atomic E-state index is 13.9. The van der Waals surface area contributed by atoms with Crippen LogP contribution < -0.4 is 5.32 Å². The number of rotatable bonds is 9. The number of halogens is 1. The molecule has 0 radical (unpaired) electrons. The first kappa shape index (κ1) is 16.8. The second-order valence-electron chi connectivity index (χ2n) is 5.87. The van der Waals surface area contributed by atoms with Crippen LogP contribution in [-0.4, -0.2) is 11.1 Å². The summed E-state index contributed by atoms with van der Waals surface area (Å²) < 4.78 is 15.9. The third-order valence-electron chi connectivity index (χ3n) is 4.23. The molecule has 1 N–H and O–H groups in total. The molecule has 2 nitrogen and oxygen atoms in total. The maximum absolute atomic E-state index is 13.9. The molecule has 22 heavy (non-hydrogen) atoms. The average molecular weight is 302 g/mol.